The van der Waals surface area contributed by atoms with E-state index in [1.54, 1.807) is 11.8 Å². The van der Waals surface area contributed by atoms with Crippen molar-refractivity contribution in [3.8, 4) is 22.7 Å². The molecule has 0 spiro atoms. The summed E-state index contributed by atoms with van der Waals surface area (Å²) in [7, 11) is 0. The Balaban J connectivity index is 1.35. The first-order chi connectivity index (χ1) is 15.3. The van der Waals surface area contributed by atoms with Gasteiger partial charge < -0.3 is 13.7 Å². The zero-order valence-electron chi connectivity index (χ0n) is 17.4. The summed E-state index contributed by atoms with van der Waals surface area (Å²) in [5.41, 5.74) is 4.38. The van der Waals surface area contributed by atoms with Crippen molar-refractivity contribution in [1.82, 2.24) is 19.7 Å². The third kappa shape index (κ3) is 4.57. The van der Waals surface area contributed by atoms with Gasteiger partial charge in [-0.3, -0.25) is 0 Å². The number of hydrogen-bond donors (Lipinski definition) is 0. The fourth-order valence-corrected chi connectivity index (χ4v) is 4.56. The van der Waals surface area contributed by atoms with E-state index in [1.165, 1.54) is 5.56 Å². The average molecular weight is 433 g/mol. The number of rotatable bonds is 7. The van der Waals surface area contributed by atoms with Crippen molar-refractivity contribution in [1.29, 1.82) is 0 Å². The van der Waals surface area contributed by atoms with Crippen LogP contribution < -0.4 is 0 Å². The summed E-state index contributed by atoms with van der Waals surface area (Å²) in [4.78, 5) is 4.70. The van der Waals surface area contributed by atoms with Crippen molar-refractivity contribution in [2.24, 2.45) is 0 Å². The number of imidazole rings is 1. The Labute approximate surface area is 185 Å². The molecule has 5 rings (SSSR count). The van der Waals surface area contributed by atoms with Crippen molar-refractivity contribution in [3.63, 3.8) is 0 Å². The number of aromatic nitrogens is 4. The lowest BCUT2D eigenvalue weighted by molar-refractivity contribution is 0.0954. The number of nitrogens with zero attached hydrogens (tertiary/aromatic N) is 4. The molecule has 0 aliphatic carbocycles. The van der Waals surface area contributed by atoms with E-state index in [-0.39, 0.29) is 6.10 Å². The lowest BCUT2D eigenvalue weighted by Gasteiger charge is -2.15. The molecular weight excluding hydrogens is 408 g/mol. The summed E-state index contributed by atoms with van der Waals surface area (Å²) in [5, 5.41) is 9.37. The Bertz CT molecular complexity index is 1130. The number of benzene rings is 2. The third-order valence-corrected chi connectivity index (χ3v) is 6.36. The molecule has 1 saturated heterocycles. The van der Waals surface area contributed by atoms with Crippen molar-refractivity contribution in [2.45, 2.75) is 43.3 Å². The van der Waals surface area contributed by atoms with E-state index in [4.69, 9.17) is 14.1 Å². The predicted molar refractivity (Wildman–Crippen MR) is 121 cm³/mol. The van der Waals surface area contributed by atoms with Crippen LogP contribution in [0.2, 0.25) is 0 Å². The normalized spacial score (nSPS) is 16.1. The molecule has 1 unspecified atom stereocenters. The van der Waals surface area contributed by atoms with Crippen molar-refractivity contribution >= 4 is 11.8 Å². The van der Waals surface area contributed by atoms with Gasteiger partial charge in [-0.05, 0) is 37.5 Å². The van der Waals surface area contributed by atoms with Crippen molar-refractivity contribution in [2.75, 3.05) is 6.61 Å². The molecule has 0 N–H and O–H groups in total. The van der Waals surface area contributed by atoms with Gasteiger partial charge in [-0.2, -0.15) is 0 Å². The van der Waals surface area contributed by atoms with Gasteiger partial charge in [0.2, 0.25) is 11.8 Å². The number of ether oxygens (including phenoxy) is 1. The average Bonchev–Trinajstić information content (AvgIpc) is 3.56. The monoisotopic (exact) mass is 432 g/mol. The minimum Gasteiger partial charge on any atom is -0.420 e. The lowest BCUT2D eigenvalue weighted by Crippen LogP contribution is -2.16. The maximum Gasteiger partial charge on any atom is 0.247 e. The summed E-state index contributed by atoms with van der Waals surface area (Å²) in [5.74, 6) is 1.70. The standard InChI is InChI=1S/C24H24N4O2S/c1-17-9-11-19(12-10-17)23-27-26-22(30-23)16-31-24-25-14-21(18-6-3-2-4-7-18)28(24)15-20-8-5-13-29-20/h2-4,6-7,9-12,14,20H,5,8,13,15-16H2,1H3. The maximum absolute atomic E-state index is 5.90. The van der Waals surface area contributed by atoms with E-state index in [0.717, 1.165) is 48.0 Å². The third-order valence-electron chi connectivity index (χ3n) is 5.39. The zero-order valence-corrected chi connectivity index (χ0v) is 18.2. The highest BCUT2D eigenvalue weighted by Gasteiger charge is 2.21. The quantitative estimate of drug-likeness (QED) is 0.365. The molecule has 31 heavy (non-hydrogen) atoms. The van der Waals surface area contributed by atoms with E-state index >= 15 is 0 Å². The van der Waals surface area contributed by atoms with E-state index in [2.05, 4.69) is 46.0 Å². The summed E-state index contributed by atoms with van der Waals surface area (Å²) in [6.45, 7) is 3.69. The molecule has 0 bridgehead atoms. The van der Waals surface area contributed by atoms with Crippen LogP contribution in [0.3, 0.4) is 0 Å². The summed E-state index contributed by atoms with van der Waals surface area (Å²) in [6.07, 6.45) is 4.37. The second-order valence-corrected chi connectivity index (χ2v) is 8.64. The second-order valence-electron chi connectivity index (χ2n) is 7.69. The topological polar surface area (TPSA) is 66.0 Å². The predicted octanol–water partition coefficient (Wildman–Crippen LogP) is 5.38. The molecule has 7 heteroatoms. The molecule has 1 atom stereocenters. The van der Waals surface area contributed by atoms with Crippen LogP contribution in [0.15, 0.2) is 70.4 Å². The van der Waals surface area contributed by atoms with E-state index in [9.17, 15) is 0 Å². The molecule has 2 aromatic carbocycles. The minimum atomic E-state index is 0.229. The highest BCUT2D eigenvalue weighted by atomic mass is 32.2. The molecular formula is C24H24N4O2S. The van der Waals surface area contributed by atoms with E-state index < -0.39 is 0 Å². The van der Waals surface area contributed by atoms with Crippen molar-refractivity contribution < 1.29 is 9.15 Å². The van der Waals surface area contributed by atoms with Gasteiger partial charge in [0.05, 0.1) is 30.3 Å². The molecule has 158 valence electrons. The fraction of sp³-hybridized carbons (Fsp3) is 0.292. The molecule has 1 aliphatic heterocycles. The van der Waals surface area contributed by atoms with Gasteiger partial charge in [0.1, 0.15) is 0 Å². The Morgan fingerprint density at radius 2 is 1.87 bits per heavy atom. The molecule has 6 nitrogen and oxygen atoms in total. The lowest BCUT2D eigenvalue weighted by atomic mass is 10.1. The van der Waals surface area contributed by atoms with Crippen LogP contribution in [0.5, 0.6) is 0 Å². The van der Waals surface area contributed by atoms with Crippen LogP contribution in [0.4, 0.5) is 0 Å². The maximum atomic E-state index is 5.90. The summed E-state index contributed by atoms with van der Waals surface area (Å²) < 4.78 is 14.0. The first-order valence-electron chi connectivity index (χ1n) is 10.5. The SMILES string of the molecule is Cc1ccc(-c2nnc(CSc3ncc(-c4ccccc4)n3CC3CCCO3)o2)cc1. The van der Waals surface area contributed by atoms with Crippen LogP contribution >= 0.6 is 11.8 Å². The molecule has 3 heterocycles. The summed E-state index contributed by atoms with van der Waals surface area (Å²) in [6, 6.07) is 18.4. The van der Waals surface area contributed by atoms with Gasteiger partial charge in [0, 0.05) is 12.2 Å². The number of hydrogen-bond acceptors (Lipinski definition) is 6. The molecule has 1 fully saturated rings. The zero-order chi connectivity index (χ0) is 21.0. The first-order valence-corrected chi connectivity index (χ1v) is 11.5. The van der Waals surface area contributed by atoms with Crippen LogP contribution in [0, 0.1) is 6.92 Å². The van der Waals surface area contributed by atoms with E-state index in [1.807, 2.05) is 36.5 Å². The molecule has 1 aliphatic rings. The van der Waals surface area contributed by atoms with Crippen molar-refractivity contribution in [3.05, 3.63) is 72.2 Å². The van der Waals surface area contributed by atoms with Gasteiger partial charge in [-0.1, -0.05) is 59.8 Å². The van der Waals surface area contributed by atoms with Gasteiger partial charge in [0.15, 0.2) is 5.16 Å². The summed E-state index contributed by atoms with van der Waals surface area (Å²) >= 11 is 1.61. The van der Waals surface area contributed by atoms with Crippen LogP contribution in [-0.4, -0.2) is 32.5 Å². The van der Waals surface area contributed by atoms with Gasteiger partial charge >= 0.3 is 0 Å². The van der Waals surface area contributed by atoms with Crippen LogP contribution in [0.25, 0.3) is 22.7 Å². The fourth-order valence-electron chi connectivity index (χ4n) is 3.73. The molecule has 0 amide bonds. The Morgan fingerprint density at radius 3 is 2.65 bits per heavy atom. The molecule has 2 aromatic heterocycles. The first kappa shape index (κ1) is 20.0. The molecule has 0 saturated carbocycles. The smallest absolute Gasteiger partial charge is 0.247 e. The minimum absolute atomic E-state index is 0.229. The molecule has 4 aromatic rings. The Kier molecular flexibility index (Phi) is 5.86. The van der Waals surface area contributed by atoms with Crippen LogP contribution in [-0.2, 0) is 17.0 Å². The highest BCUT2D eigenvalue weighted by molar-refractivity contribution is 7.98. The number of thioether (sulfide) groups is 1. The number of aryl methyl sites for hydroxylation is 1. The van der Waals surface area contributed by atoms with Gasteiger partial charge in [-0.15, -0.1) is 10.2 Å². The van der Waals surface area contributed by atoms with Gasteiger partial charge in [-0.25, -0.2) is 4.98 Å². The Morgan fingerprint density at radius 1 is 1.03 bits per heavy atom. The van der Waals surface area contributed by atoms with Gasteiger partial charge in [0.25, 0.3) is 0 Å². The second kappa shape index (κ2) is 9.08. The molecule has 0 radical (unpaired) electrons. The van der Waals surface area contributed by atoms with E-state index in [0.29, 0.717) is 17.5 Å². The largest absolute Gasteiger partial charge is 0.420 e. The van der Waals surface area contributed by atoms with Crippen LogP contribution in [0.1, 0.15) is 24.3 Å². The Hall–Kier alpha value is -2.90. The highest BCUT2D eigenvalue weighted by Crippen LogP contribution is 2.30.